The van der Waals surface area contributed by atoms with Crippen LogP contribution in [0.2, 0.25) is 5.02 Å². The first-order valence-corrected chi connectivity index (χ1v) is 9.98. The summed E-state index contributed by atoms with van der Waals surface area (Å²) >= 11 is 7.61. The molecule has 1 aliphatic carbocycles. The van der Waals surface area contributed by atoms with E-state index >= 15 is 0 Å². The summed E-state index contributed by atoms with van der Waals surface area (Å²) in [6.45, 7) is 1.53. The van der Waals surface area contributed by atoms with Crippen molar-refractivity contribution in [3.63, 3.8) is 0 Å². The molecule has 1 aliphatic heterocycles. The number of thioether (sulfide) groups is 1. The highest BCUT2D eigenvalue weighted by Gasteiger charge is 2.34. The predicted octanol–water partition coefficient (Wildman–Crippen LogP) is 3.40. The largest absolute Gasteiger partial charge is 0.352 e. The molecule has 2 fully saturated rings. The Bertz CT molecular complexity index is 608. The van der Waals surface area contributed by atoms with Crippen molar-refractivity contribution in [2.75, 3.05) is 11.6 Å². The summed E-state index contributed by atoms with van der Waals surface area (Å²) in [5.41, 5.74) is 1.29. The van der Waals surface area contributed by atoms with E-state index in [-0.39, 0.29) is 23.9 Å². The summed E-state index contributed by atoms with van der Waals surface area (Å²) in [4.78, 5) is 25.9. The van der Waals surface area contributed by atoms with E-state index in [1.807, 2.05) is 12.1 Å². The number of carbonyl (C=O) groups is 2. The zero-order valence-electron chi connectivity index (χ0n) is 13.8. The van der Waals surface area contributed by atoms with Crippen LogP contribution in [-0.2, 0) is 9.59 Å². The summed E-state index contributed by atoms with van der Waals surface area (Å²) < 4.78 is 0. The second-order valence-electron chi connectivity index (χ2n) is 6.63. The van der Waals surface area contributed by atoms with Crippen LogP contribution in [0.15, 0.2) is 24.3 Å². The first-order chi connectivity index (χ1) is 11.5. The molecule has 1 heterocycles. The lowest BCUT2D eigenvalue weighted by atomic mass is 9.81. The minimum absolute atomic E-state index is 0.00282. The van der Waals surface area contributed by atoms with Crippen molar-refractivity contribution >= 4 is 35.2 Å². The van der Waals surface area contributed by atoms with Crippen LogP contribution in [0.1, 0.15) is 44.1 Å². The van der Waals surface area contributed by atoms with E-state index in [2.05, 4.69) is 17.4 Å². The molecular weight excluding hydrogens is 344 g/mol. The topological polar surface area (TPSA) is 49.4 Å². The number of nitrogens with one attached hydrogen (secondary N) is 1. The summed E-state index contributed by atoms with van der Waals surface area (Å²) in [5, 5.41) is 3.94. The molecule has 24 heavy (non-hydrogen) atoms. The van der Waals surface area contributed by atoms with Gasteiger partial charge >= 0.3 is 0 Å². The molecule has 1 aromatic rings. The third-order valence-electron chi connectivity index (χ3n) is 4.95. The fourth-order valence-electron chi connectivity index (χ4n) is 3.63. The number of hydrogen-bond acceptors (Lipinski definition) is 3. The molecule has 3 rings (SSSR count). The smallest absolute Gasteiger partial charge is 0.243 e. The van der Waals surface area contributed by atoms with Crippen molar-refractivity contribution in [3.8, 4) is 0 Å². The van der Waals surface area contributed by atoms with E-state index < -0.39 is 0 Å². The van der Waals surface area contributed by atoms with Crippen molar-refractivity contribution in [2.45, 2.75) is 50.6 Å². The highest BCUT2D eigenvalue weighted by molar-refractivity contribution is 7.99. The van der Waals surface area contributed by atoms with Gasteiger partial charge in [0, 0.05) is 23.7 Å². The predicted molar refractivity (Wildman–Crippen MR) is 98.2 cm³/mol. The van der Waals surface area contributed by atoms with E-state index in [1.165, 1.54) is 12.5 Å². The minimum Gasteiger partial charge on any atom is -0.352 e. The second kappa shape index (κ2) is 7.79. The minimum atomic E-state index is -0.316. The zero-order valence-corrected chi connectivity index (χ0v) is 15.4. The quantitative estimate of drug-likeness (QED) is 0.891. The Hall–Kier alpha value is -1.20. The van der Waals surface area contributed by atoms with Gasteiger partial charge in [0.25, 0.3) is 0 Å². The highest BCUT2D eigenvalue weighted by atomic mass is 35.5. The number of rotatable bonds is 3. The molecule has 1 saturated heterocycles. The maximum atomic E-state index is 12.6. The standard InChI is InChI=1S/C18H23ClN2O2S/c1-12(22)21-11-24-10-17(21)18(23)20-16-4-2-3-14(9-16)13-5-7-15(19)8-6-13/h5-8,14,16-17H,2-4,9-11H2,1H3,(H,20,23)/t14?,16?,17-/m1/s1. The monoisotopic (exact) mass is 366 g/mol. The molecule has 0 spiro atoms. The number of carbonyl (C=O) groups excluding carboxylic acids is 2. The average Bonchev–Trinajstić information content (AvgIpc) is 3.06. The van der Waals surface area contributed by atoms with Crippen molar-refractivity contribution in [1.29, 1.82) is 0 Å². The Morgan fingerprint density at radius 2 is 2.00 bits per heavy atom. The van der Waals surface area contributed by atoms with Gasteiger partial charge in [-0.25, -0.2) is 0 Å². The zero-order chi connectivity index (χ0) is 17.1. The van der Waals surface area contributed by atoms with Crippen molar-refractivity contribution in [3.05, 3.63) is 34.9 Å². The normalized spacial score (nSPS) is 27.1. The van der Waals surface area contributed by atoms with Crippen LogP contribution in [0.5, 0.6) is 0 Å². The van der Waals surface area contributed by atoms with E-state index in [0.29, 0.717) is 17.5 Å². The molecular formula is C18H23ClN2O2S. The fraction of sp³-hybridized carbons (Fsp3) is 0.556. The average molecular weight is 367 g/mol. The van der Waals surface area contributed by atoms with Gasteiger partial charge in [0.15, 0.2) is 0 Å². The lowest BCUT2D eigenvalue weighted by Crippen LogP contribution is -2.50. The molecule has 2 aliphatic rings. The van der Waals surface area contributed by atoms with Gasteiger partial charge in [-0.15, -0.1) is 11.8 Å². The lowest BCUT2D eigenvalue weighted by molar-refractivity contribution is -0.136. The highest BCUT2D eigenvalue weighted by Crippen LogP contribution is 2.33. The summed E-state index contributed by atoms with van der Waals surface area (Å²) in [6, 6.07) is 7.90. The van der Waals surface area contributed by atoms with Crippen molar-refractivity contribution in [2.24, 2.45) is 0 Å². The number of hydrogen-bond donors (Lipinski definition) is 1. The van der Waals surface area contributed by atoms with Crippen molar-refractivity contribution < 1.29 is 9.59 Å². The molecule has 2 amide bonds. The molecule has 2 unspecified atom stereocenters. The number of nitrogens with zero attached hydrogens (tertiary/aromatic N) is 1. The van der Waals surface area contributed by atoms with Gasteiger partial charge in [0.1, 0.15) is 6.04 Å². The Kier molecular flexibility index (Phi) is 5.72. The van der Waals surface area contributed by atoms with Gasteiger partial charge in [0.2, 0.25) is 11.8 Å². The molecule has 3 atom stereocenters. The van der Waals surface area contributed by atoms with Crippen LogP contribution in [0.4, 0.5) is 0 Å². The first-order valence-electron chi connectivity index (χ1n) is 8.45. The van der Waals surface area contributed by atoms with Gasteiger partial charge in [-0.1, -0.05) is 30.2 Å². The van der Waals surface area contributed by atoms with E-state index in [1.54, 1.807) is 16.7 Å². The summed E-state index contributed by atoms with van der Waals surface area (Å²) in [5.74, 6) is 1.74. The lowest BCUT2D eigenvalue weighted by Gasteiger charge is -2.31. The third-order valence-corrected chi connectivity index (χ3v) is 6.22. The molecule has 4 nitrogen and oxygen atoms in total. The SMILES string of the molecule is CC(=O)N1CSC[C@@H]1C(=O)NC1CCCC(c2ccc(Cl)cc2)C1. The van der Waals surface area contributed by atoms with Gasteiger partial charge in [-0.3, -0.25) is 9.59 Å². The van der Waals surface area contributed by atoms with Crippen LogP contribution in [0, 0.1) is 0 Å². The Balaban J connectivity index is 1.60. The summed E-state index contributed by atoms with van der Waals surface area (Å²) in [7, 11) is 0. The van der Waals surface area contributed by atoms with E-state index in [0.717, 1.165) is 30.7 Å². The molecule has 0 aromatic heterocycles. The third kappa shape index (κ3) is 4.06. The van der Waals surface area contributed by atoms with Crippen LogP contribution in [-0.4, -0.2) is 40.4 Å². The van der Waals surface area contributed by atoms with Gasteiger partial charge in [0.05, 0.1) is 5.88 Å². The van der Waals surface area contributed by atoms with Crippen LogP contribution >= 0.6 is 23.4 Å². The fourth-order valence-corrected chi connectivity index (χ4v) is 4.97. The van der Waals surface area contributed by atoms with E-state index in [4.69, 9.17) is 11.6 Å². The molecule has 6 heteroatoms. The molecule has 1 N–H and O–H groups in total. The first kappa shape index (κ1) is 17.6. The second-order valence-corrected chi connectivity index (χ2v) is 8.06. The summed E-state index contributed by atoms with van der Waals surface area (Å²) in [6.07, 6.45) is 4.21. The van der Waals surface area contributed by atoms with Crippen LogP contribution in [0.3, 0.4) is 0 Å². The molecule has 0 bridgehead atoms. The van der Waals surface area contributed by atoms with Gasteiger partial charge < -0.3 is 10.2 Å². The Labute approximate surface area is 152 Å². The molecule has 0 radical (unpaired) electrons. The van der Waals surface area contributed by atoms with Crippen LogP contribution in [0.25, 0.3) is 0 Å². The number of benzene rings is 1. The molecule has 1 aromatic carbocycles. The van der Waals surface area contributed by atoms with Gasteiger partial charge in [-0.05, 0) is 42.9 Å². The van der Waals surface area contributed by atoms with Gasteiger partial charge in [-0.2, -0.15) is 0 Å². The van der Waals surface area contributed by atoms with E-state index in [9.17, 15) is 9.59 Å². The van der Waals surface area contributed by atoms with Crippen molar-refractivity contribution in [1.82, 2.24) is 10.2 Å². The maximum Gasteiger partial charge on any atom is 0.243 e. The number of halogens is 1. The molecule has 130 valence electrons. The Morgan fingerprint density at radius 1 is 1.25 bits per heavy atom. The van der Waals surface area contributed by atoms with Crippen LogP contribution < -0.4 is 5.32 Å². The molecule has 1 saturated carbocycles. The number of amides is 2. The maximum absolute atomic E-state index is 12.6. The Morgan fingerprint density at radius 3 is 2.71 bits per heavy atom.